The number of para-hydroxylation sites is 1. The summed E-state index contributed by atoms with van der Waals surface area (Å²) in [6, 6.07) is 11.3. The van der Waals surface area contributed by atoms with Gasteiger partial charge in [-0.25, -0.2) is 12.8 Å². The molecule has 2 aromatic rings. The van der Waals surface area contributed by atoms with E-state index in [4.69, 9.17) is 4.74 Å². The van der Waals surface area contributed by atoms with Crippen LogP contribution < -0.4 is 14.4 Å². The second kappa shape index (κ2) is 8.26. The third-order valence-corrected chi connectivity index (χ3v) is 6.28. The van der Waals surface area contributed by atoms with E-state index in [1.54, 1.807) is 6.92 Å². The van der Waals surface area contributed by atoms with E-state index in [1.807, 2.05) is 38.1 Å². The first-order chi connectivity index (χ1) is 14.0. The van der Waals surface area contributed by atoms with E-state index in [0.717, 1.165) is 16.1 Å². The fourth-order valence-corrected chi connectivity index (χ4v) is 5.06. The second-order valence-electron chi connectivity index (χ2n) is 8.12. The number of nitrogens with one attached hydrogen (secondary N) is 1. The molecule has 2 aromatic carbocycles. The highest BCUT2D eigenvalue weighted by Crippen LogP contribution is 2.39. The Morgan fingerprint density at radius 3 is 2.47 bits per heavy atom. The molecule has 0 saturated heterocycles. The van der Waals surface area contributed by atoms with Crippen LogP contribution in [-0.4, -0.2) is 32.2 Å². The predicted molar refractivity (Wildman–Crippen MR) is 114 cm³/mol. The number of sulfonamides is 1. The van der Waals surface area contributed by atoms with Crippen LogP contribution in [0.15, 0.2) is 48.5 Å². The highest BCUT2D eigenvalue weighted by molar-refractivity contribution is 7.92. The Labute approximate surface area is 177 Å². The van der Waals surface area contributed by atoms with Gasteiger partial charge in [-0.3, -0.25) is 9.10 Å². The molecule has 6 nitrogen and oxygen atoms in total. The molecule has 1 aliphatic heterocycles. The number of ether oxygens (including phenoxy) is 1. The number of carbonyl (C=O) groups excluding carboxylic acids is 1. The fourth-order valence-electron chi connectivity index (χ4n) is 3.85. The molecule has 8 heteroatoms. The van der Waals surface area contributed by atoms with E-state index in [0.29, 0.717) is 12.2 Å². The van der Waals surface area contributed by atoms with E-state index in [9.17, 15) is 17.6 Å². The zero-order valence-corrected chi connectivity index (χ0v) is 18.4. The second-order valence-corrected chi connectivity index (χ2v) is 9.98. The van der Waals surface area contributed by atoms with Crippen molar-refractivity contribution < 1.29 is 22.3 Å². The van der Waals surface area contributed by atoms with Crippen LogP contribution in [0.25, 0.3) is 0 Å². The van der Waals surface area contributed by atoms with Crippen molar-refractivity contribution in [1.29, 1.82) is 0 Å². The lowest BCUT2D eigenvalue weighted by molar-refractivity contribution is -0.123. The van der Waals surface area contributed by atoms with Gasteiger partial charge in [0.1, 0.15) is 23.2 Å². The van der Waals surface area contributed by atoms with Crippen molar-refractivity contribution in [2.45, 2.75) is 51.3 Å². The summed E-state index contributed by atoms with van der Waals surface area (Å²) in [5.41, 5.74) is 0.614. The Hall–Kier alpha value is -2.61. The maximum atomic E-state index is 13.4. The van der Waals surface area contributed by atoms with Crippen molar-refractivity contribution in [2.24, 2.45) is 0 Å². The van der Waals surface area contributed by atoms with Crippen molar-refractivity contribution in [2.75, 3.05) is 10.6 Å². The van der Waals surface area contributed by atoms with E-state index < -0.39 is 33.4 Å². The number of halogens is 1. The van der Waals surface area contributed by atoms with Crippen LogP contribution in [0.2, 0.25) is 0 Å². The van der Waals surface area contributed by atoms with Crippen LogP contribution in [0.3, 0.4) is 0 Å². The summed E-state index contributed by atoms with van der Waals surface area (Å²) in [7, 11) is -3.79. The number of rotatable bonds is 6. The number of nitrogens with zero attached hydrogens (tertiary/aromatic N) is 1. The number of anilines is 1. The molecule has 1 N–H and O–H groups in total. The lowest BCUT2D eigenvalue weighted by Gasteiger charge is -2.39. The van der Waals surface area contributed by atoms with Gasteiger partial charge in [0.05, 0.1) is 18.0 Å². The smallest absolute Gasteiger partial charge is 0.244 e. The zero-order valence-electron chi connectivity index (χ0n) is 17.6. The molecule has 1 aliphatic rings. The molecular formula is C22H27FN2O4S. The molecule has 0 aliphatic carbocycles. The predicted octanol–water partition coefficient (Wildman–Crippen LogP) is 3.79. The van der Waals surface area contributed by atoms with Gasteiger partial charge < -0.3 is 10.1 Å². The summed E-state index contributed by atoms with van der Waals surface area (Å²) in [4.78, 5) is 13.3. The Bertz CT molecular complexity index is 1020. The van der Waals surface area contributed by atoms with Crippen LogP contribution in [0, 0.1) is 5.82 Å². The number of hydrogen-bond acceptors (Lipinski definition) is 4. The molecule has 0 unspecified atom stereocenters. The van der Waals surface area contributed by atoms with Crippen LogP contribution in [0.4, 0.5) is 10.1 Å². The summed E-state index contributed by atoms with van der Waals surface area (Å²) in [6.45, 7) is 5.63. The monoisotopic (exact) mass is 434 g/mol. The van der Waals surface area contributed by atoms with Gasteiger partial charge in [-0.15, -0.1) is 0 Å². The maximum Gasteiger partial charge on any atom is 0.244 e. The van der Waals surface area contributed by atoms with Gasteiger partial charge in [0.15, 0.2) is 0 Å². The highest BCUT2D eigenvalue weighted by atomic mass is 32.2. The minimum Gasteiger partial charge on any atom is -0.487 e. The molecule has 162 valence electrons. The minimum absolute atomic E-state index is 0.244. The zero-order chi connectivity index (χ0) is 22.1. The molecule has 3 rings (SSSR count). The Morgan fingerprint density at radius 1 is 1.23 bits per heavy atom. The maximum absolute atomic E-state index is 13.4. The van der Waals surface area contributed by atoms with Crippen molar-refractivity contribution in [3.05, 3.63) is 59.9 Å². The van der Waals surface area contributed by atoms with Gasteiger partial charge >= 0.3 is 0 Å². The average molecular weight is 435 g/mol. The fraction of sp³-hybridized carbons (Fsp3) is 0.409. The first-order valence-electron chi connectivity index (χ1n) is 9.85. The summed E-state index contributed by atoms with van der Waals surface area (Å²) < 4.78 is 45.5. The summed E-state index contributed by atoms with van der Waals surface area (Å²) in [5, 5.41) is 3.02. The molecule has 0 fully saturated rings. The van der Waals surface area contributed by atoms with Crippen molar-refractivity contribution in [1.82, 2.24) is 5.32 Å². The lowest BCUT2D eigenvalue weighted by Crippen LogP contribution is -2.51. The molecule has 0 bridgehead atoms. The van der Waals surface area contributed by atoms with E-state index in [-0.39, 0.29) is 18.2 Å². The van der Waals surface area contributed by atoms with Gasteiger partial charge in [0, 0.05) is 12.0 Å². The Morgan fingerprint density at radius 2 is 1.87 bits per heavy atom. The first-order valence-corrected chi connectivity index (χ1v) is 11.7. The molecular weight excluding hydrogens is 407 g/mol. The van der Waals surface area contributed by atoms with Crippen LogP contribution in [0.1, 0.15) is 45.2 Å². The molecule has 0 aromatic heterocycles. The van der Waals surface area contributed by atoms with Crippen molar-refractivity contribution in [3.63, 3.8) is 0 Å². The average Bonchev–Trinajstić information content (AvgIpc) is 2.65. The summed E-state index contributed by atoms with van der Waals surface area (Å²) in [6.07, 6.45) is 1.84. The van der Waals surface area contributed by atoms with Crippen LogP contribution in [-0.2, 0) is 14.8 Å². The topological polar surface area (TPSA) is 75.7 Å². The number of benzene rings is 2. The number of fused-ring (bicyclic) bond motifs is 1. The molecule has 30 heavy (non-hydrogen) atoms. The van der Waals surface area contributed by atoms with Gasteiger partial charge in [0.2, 0.25) is 15.9 Å². The van der Waals surface area contributed by atoms with E-state index in [1.165, 1.54) is 24.3 Å². The SMILES string of the molecule is CC[C@H](C(=O)N[C@@H]1CC(C)(C)Oc2ccccc21)N(c1ccc(F)cc1)S(C)(=O)=O. The van der Waals surface area contributed by atoms with Crippen LogP contribution in [0.5, 0.6) is 5.75 Å². The van der Waals surface area contributed by atoms with Gasteiger partial charge in [0.25, 0.3) is 0 Å². The van der Waals surface area contributed by atoms with Gasteiger partial charge in [-0.2, -0.15) is 0 Å². The van der Waals surface area contributed by atoms with Gasteiger partial charge in [-0.05, 0) is 50.6 Å². The van der Waals surface area contributed by atoms with Gasteiger partial charge in [-0.1, -0.05) is 25.1 Å². The number of amides is 1. The summed E-state index contributed by atoms with van der Waals surface area (Å²) >= 11 is 0. The molecule has 0 spiro atoms. The normalized spacial score (nSPS) is 18.6. The molecule has 2 atom stereocenters. The molecule has 1 amide bonds. The quantitative estimate of drug-likeness (QED) is 0.751. The lowest BCUT2D eigenvalue weighted by atomic mass is 9.89. The van der Waals surface area contributed by atoms with E-state index >= 15 is 0 Å². The molecule has 1 heterocycles. The largest absolute Gasteiger partial charge is 0.487 e. The number of hydrogen-bond donors (Lipinski definition) is 1. The first kappa shape index (κ1) is 22.1. The molecule has 0 saturated carbocycles. The Balaban J connectivity index is 1.92. The summed E-state index contributed by atoms with van der Waals surface area (Å²) in [5.74, 6) is -0.193. The standard InChI is InChI=1S/C22H27FN2O4S/c1-5-19(25(30(4,27)28)16-12-10-15(23)11-13-16)21(26)24-18-14-22(2,3)29-20-9-7-6-8-17(18)20/h6-13,18-19H,5,14H2,1-4H3,(H,24,26)/t18-,19-/m1/s1. The van der Waals surface area contributed by atoms with Crippen molar-refractivity contribution >= 4 is 21.6 Å². The molecule has 0 radical (unpaired) electrons. The third-order valence-electron chi connectivity index (χ3n) is 5.10. The minimum atomic E-state index is -3.79. The van der Waals surface area contributed by atoms with E-state index in [2.05, 4.69) is 5.32 Å². The van der Waals surface area contributed by atoms with Crippen LogP contribution >= 0.6 is 0 Å². The Kier molecular flexibility index (Phi) is 6.08. The number of carbonyl (C=O) groups is 1. The van der Waals surface area contributed by atoms with Crippen molar-refractivity contribution in [3.8, 4) is 5.75 Å². The highest BCUT2D eigenvalue weighted by Gasteiger charge is 2.37. The third kappa shape index (κ3) is 4.75.